The van der Waals surface area contributed by atoms with E-state index in [0.717, 1.165) is 14.4 Å². The average molecular weight is 424 g/mol. The summed E-state index contributed by atoms with van der Waals surface area (Å²) in [7, 11) is 0. The minimum atomic E-state index is -0.975. The number of aromatic carboxylic acids is 1. The SMILES string of the molecule is O=C(O)c1cc(Sc2ncc(Cl)cc2Br)ccc1Br. The number of rotatable bonds is 3. The Morgan fingerprint density at radius 3 is 2.63 bits per heavy atom. The number of carboxylic acids is 1. The highest BCUT2D eigenvalue weighted by atomic mass is 79.9. The van der Waals surface area contributed by atoms with Gasteiger partial charge >= 0.3 is 5.97 Å². The summed E-state index contributed by atoms with van der Waals surface area (Å²) in [4.78, 5) is 16.0. The summed E-state index contributed by atoms with van der Waals surface area (Å²) in [6, 6.07) is 6.87. The van der Waals surface area contributed by atoms with E-state index in [4.69, 9.17) is 16.7 Å². The van der Waals surface area contributed by atoms with Gasteiger partial charge < -0.3 is 5.11 Å². The number of carboxylic acid groups (broad SMARTS) is 1. The molecule has 19 heavy (non-hydrogen) atoms. The van der Waals surface area contributed by atoms with Crippen LogP contribution in [0.3, 0.4) is 0 Å². The Labute approximate surface area is 135 Å². The highest BCUT2D eigenvalue weighted by Crippen LogP contribution is 2.34. The Bertz CT molecular complexity index is 652. The molecule has 0 spiro atoms. The van der Waals surface area contributed by atoms with E-state index in [1.807, 2.05) is 6.07 Å². The molecule has 0 aliphatic carbocycles. The summed E-state index contributed by atoms with van der Waals surface area (Å²) in [6.07, 6.45) is 1.55. The fourth-order valence-corrected chi connectivity index (χ4v) is 3.42. The number of benzene rings is 1. The van der Waals surface area contributed by atoms with Crippen molar-refractivity contribution in [1.82, 2.24) is 4.98 Å². The maximum Gasteiger partial charge on any atom is 0.336 e. The fraction of sp³-hybridized carbons (Fsp3) is 0. The number of nitrogens with zero attached hydrogens (tertiary/aromatic N) is 1. The van der Waals surface area contributed by atoms with Crippen molar-refractivity contribution < 1.29 is 9.90 Å². The molecule has 2 aromatic rings. The van der Waals surface area contributed by atoms with Crippen LogP contribution in [0.2, 0.25) is 5.02 Å². The third-order valence-electron chi connectivity index (χ3n) is 2.16. The maximum atomic E-state index is 11.1. The first kappa shape index (κ1) is 14.8. The summed E-state index contributed by atoms with van der Waals surface area (Å²) in [6.45, 7) is 0. The Morgan fingerprint density at radius 2 is 2.00 bits per heavy atom. The van der Waals surface area contributed by atoms with Crippen LogP contribution in [0.1, 0.15) is 10.4 Å². The van der Waals surface area contributed by atoms with Crippen molar-refractivity contribution in [3.8, 4) is 0 Å². The van der Waals surface area contributed by atoms with Gasteiger partial charge in [0.15, 0.2) is 0 Å². The first-order valence-corrected chi connectivity index (χ1v) is 7.77. The van der Waals surface area contributed by atoms with E-state index in [-0.39, 0.29) is 5.56 Å². The molecule has 98 valence electrons. The van der Waals surface area contributed by atoms with E-state index in [1.54, 1.807) is 24.4 Å². The van der Waals surface area contributed by atoms with E-state index in [2.05, 4.69) is 36.8 Å². The first-order chi connectivity index (χ1) is 8.97. The van der Waals surface area contributed by atoms with Crippen molar-refractivity contribution in [2.75, 3.05) is 0 Å². The van der Waals surface area contributed by atoms with Gasteiger partial charge in [-0.2, -0.15) is 0 Å². The second-order valence-electron chi connectivity index (χ2n) is 3.49. The quantitative estimate of drug-likeness (QED) is 0.745. The normalized spacial score (nSPS) is 10.5. The van der Waals surface area contributed by atoms with Gasteiger partial charge in [0.2, 0.25) is 0 Å². The first-order valence-electron chi connectivity index (χ1n) is 4.99. The van der Waals surface area contributed by atoms with E-state index >= 15 is 0 Å². The van der Waals surface area contributed by atoms with Crippen molar-refractivity contribution in [1.29, 1.82) is 0 Å². The molecule has 0 aliphatic heterocycles. The van der Waals surface area contributed by atoms with E-state index in [9.17, 15) is 4.79 Å². The van der Waals surface area contributed by atoms with Crippen molar-refractivity contribution in [2.24, 2.45) is 0 Å². The predicted molar refractivity (Wildman–Crippen MR) is 82.2 cm³/mol. The van der Waals surface area contributed by atoms with Crippen LogP contribution in [0.15, 0.2) is 49.3 Å². The molecule has 0 saturated carbocycles. The second kappa shape index (κ2) is 6.26. The zero-order valence-corrected chi connectivity index (χ0v) is 14.0. The Hall–Kier alpha value is -0.560. The summed E-state index contributed by atoms with van der Waals surface area (Å²) in [5.74, 6) is -0.975. The van der Waals surface area contributed by atoms with Crippen LogP contribution in [-0.4, -0.2) is 16.1 Å². The molecule has 7 heteroatoms. The molecule has 0 radical (unpaired) electrons. The van der Waals surface area contributed by atoms with Gasteiger partial charge in [-0.25, -0.2) is 9.78 Å². The molecule has 0 amide bonds. The standard InChI is InChI=1S/C12H6Br2ClNO2S/c13-9-2-1-7(4-8(9)12(17)18)19-11-10(14)3-6(15)5-16-11/h1-5H,(H,17,18). The van der Waals surface area contributed by atoms with Crippen molar-refractivity contribution >= 4 is 61.2 Å². The lowest BCUT2D eigenvalue weighted by atomic mass is 10.2. The minimum Gasteiger partial charge on any atom is -0.478 e. The lowest BCUT2D eigenvalue weighted by Gasteiger charge is -2.06. The van der Waals surface area contributed by atoms with Gasteiger partial charge in [-0.15, -0.1) is 0 Å². The Balaban J connectivity index is 2.33. The van der Waals surface area contributed by atoms with Crippen LogP contribution in [0.4, 0.5) is 0 Å². The summed E-state index contributed by atoms with van der Waals surface area (Å²) < 4.78 is 1.32. The number of halogens is 3. The van der Waals surface area contributed by atoms with Gasteiger partial charge in [0.1, 0.15) is 5.03 Å². The largest absolute Gasteiger partial charge is 0.478 e. The molecule has 0 saturated heterocycles. The van der Waals surface area contributed by atoms with Gasteiger partial charge in [0.05, 0.1) is 15.1 Å². The molecule has 1 N–H and O–H groups in total. The number of pyridine rings is 1. The molecule has 1 heterocycles. The van der Waals surface area contributed by atoms with Crippen molar-refractivity contribution in [2.45, 2.75) is 9.92 Å². The molecule has 2 rings (SSSR count). The zero-order chi connectivity index (χ0) is 14.0. The van der Waals surface area contributed by atoms with Crippen LogP contribution in [0, 0.1) is 0 Å². The predicted octanol–water partition coefficient (Wildman–Crippen LogP) is 5.11. The van der Waals surface area contributed by atoms with Crippen LogP contribution in [-0.2, 0) is 0 Å². The highest BCUT2D eigenvalue weighted by molar-refractivity contribution is 9.10. The maximum absolute atomic E-state index is 11.1. The van der Waals surface area contributed by atoms with Crippen LogP contribution < -0.4 is 0 Å². The van der Waals surface area contributed by atoms with E-state index in [1.165, 1.54) is 11.8 Å². The van der Waals surface area contributed by atoms with Crippen LogP contribution in [0.5, 0.6) is 0 Å². The molecule has 0 bridgehead atoms. The van der Waals surface area contributed by atoms with Crippen LogP contribution >= 0.6 is 55.2 Å². The third kappa shape index (κ3) is 3.72. The van der Waals surface area contributed by atoms with Gasteiger partial charge in [-0.05, 0) is 56.1 Å². The number of aromatic nitrogens is 1. The Kier molecular flexibility index (Phi) is 4.89. The van der Waals surface area contributed by atoms with Crippen LogP contribution in [0.25, 0.3) is 0 Å². The number of hydrogen-bond acceptors (Lipinski definition) is 3. The fourth-order valence-electron chi connectivity index (χ4n) is 1.32. The monoisotopic (exact) mass is 421 g/mol. The highest BCUT2D eigenvalue weighted by Gasteiger charge is 2.11. The van der Waals surface area contributed by atoms with E-state index < -0.39 is 5.97 Å². The van der Waals surface area contributed by atoms with Gasteiger partial charge in [0.25, 0.3) is 0 Å². The Morgan fingerprint density at radius 1 is 1.26 bits per heavy atom. The summed E-state index contributed by atoms with van der Waals surface area (Å²) in [5.41, 5.74) is 0.218. The molecule has 3 nitrogen and oxygen atoms in total. The summed E-state index contributed by atoms with van der Waals surface area (Å²) in [5, 5.41) is 10.3. The topological polar surface area (TPSA) is 50.2 Å². The lowest BCUT2D eigenvalue weighted by molar-refractivity contribution is 0.0695. The molecule has 0 fully saturated rings. The van der Waals surface area contributed by atoms with Crippen molar-refractivity contribution in [3.05, 3.63) is 50.0 Å². The van der Waals surface area contributed by atoms with Gasteiger partial charge in [-0.3, -0.25) is 0 Å². The second-order valence-corrected chi connectivity index (χ2v) is 6.70. The molecule has 1 aromatic heterocycles. The molecule has 0 aliphatic rings. The summed E-state index contributed by atoms with van der Waals surface area (Å²) >= 11 is 13.8. The lowest BCUT2D eigenvalue weighted by Crippen LogP contribution is -1.97. The average Bonchev–Trinajstić information content (AvgIpc) is 2.34. The zero-order valence-electron chi connectivity index (χ0n) is 9.23. The van der Waals surface area contributed by atoms with Gasteiger partial charge in [0, 0.05) is 15.6 Å². The molecule has 0 unspecified atom stereocenters. The number of hydrogen-bond donors (Lipinski definition) is 1. The van der Waals surface area contributed by atoms with E-state index in [0.29, 0.717) is 9.50 Å². The van der Waals surface area contributed by atoms with Gasteiger partial charge in [-0.1, -0.05) is 23.4 Å². The molecular weight excluding hydrogens is 417 g/mol. The molecule has 1 aromatic carbocycles. The third-order valence-corrected chi connectivity index (χ3v) is 4.93. The smallest absolute Gasteiger partial charge is 0.336 e. The van der Waals surface area contributed by atoms with Crippen molar-refractivity contribution in [3.63, 3.8) is 0 Å². The number of carbonyl (C=O) groups is 1. The minimum absolute atomic E-state index is 0.218. The molecule has 0 atom stereocenters. The molecular formula is C12H6Br2ClNO2S.